The summed E-state index contributed by atoms with van der Waals surface area (Å²) >= 11 is 7.05. The lowest BCUT2D eigenvalue weighted by Crippen LogP contribution is -2.14. The van der Waals surface area contributed by atoms with Crippen LogP contribution in [0.5, 0.6) is 11.5 Å². The van der Waals surface area contributed by atoms with Crippen molar-refractivity contribution in [3.63, 3.8) is 0 Å². The lowest BCUT2D eigenvalue weighted by molar-refractivity contribution is -0.113. The summed E-state index contributed by atoms with van der Waals surface area (Å²) < 4.78 is 23.8. The molecule has 0 bridgehead atoms. The molecule has 0 spiro atoms. The van der Waals surface area contributed by atoms with Gasteiger partial charge in [0.25, 0.3) is 0 Å². The molecule has 0 fully saturated rings. The maximum atomic E-state index is 13.1. The van der Waals surface area contributed by atoms with Crippen LogP contribution in [0.15, 0.2) is 53.6 Å². The monoisotopic (exact) mass is 441 g/mol. The molecule has 1 amide bonds. The smallest absolute Gasteiger partial charge is 0.234 e. The number of fused-ring (bicyclic) bond motifs is 1. The Morgan fingerprint density at radius 1 is 1.20 bits per heavy atom. The van der Waals surface area contributed by atoms with Crippen LogP contribution in [0.25, 0.3) is 11.3 Å². The molecule has 0 aliphatic carbocycles. The molecular formula is C21H13ClFN3O3S. The summed E-state index contributed by atoms with van der Waals surface area (Å²) in [6.45, 7) is 0.174. The first-order valence-electron chi connectivity index (χ1n) is 8.72. The molecule has 3 aromatic rings. The highest BCUT2D eigenvalue weighted by Crippen LogP contribution is 2.36. The zero-order chi connectivity index (χ0) is 21.1. The second-order valence-corrected chi connectivity index (χ2v) is 7.56. The molecule has 30 heavy (non-hydrogen) atoms. The summed E-state index contributed by atoms with van der Waals surface area (Å²) in [4.78, 5) is 16.8. The van der Waals surface area contributed by atoms with Gasteiger partial charge in [0.15, 0.2) is 11.5 Å². The van der Waals surface area contributed by atoms with Gasteiger partial charge in [0, 0.05) is 5.56 Å². The summed E-state index contributed by atoms with van der Waals surface area (Å²) in [7, 11) is 0. The number of ether oxygens (including phenoxy) is 2. The van der Waals surface area contributed by atoms with Crippen LogP contribution in [-0.2, 0) is 4.79 Å². The highest BCUT2D eigenvalue weighted by Gasteiger charge is 2.16. The minimum absolute atomic E-state index is 0.0000222. The number of amides is 1. The Morgan fingerprint density at radius 2 is 2.03 bits per heavy atom. The largest absolute Gasteiger partial charge is 0.454 e. The van der Waals surface area contributed by atoms with Gasteiger partial charge in [-0.1, -0.05) is 23.4 Å². The van der Waals surface area contributed by atoms with Crippen molar-refractivity contribution in [2.45, 2.75) is 5.03 Å². The fourth-order valence-electron chi connectivity index (χ4n) is 2.76. The Labute approximate surface area is 180 Å². The molecule has 1 aliphatic heterocycles. The molecule has 0 unspecified atom stereocenters. The third kappa shape index (κ3) is 4.32. The minimum Gasteiger partial charge on any atom is -0.454 e. The highest BCUT2D eigenvalue weighted by atomic mass is 35.5. The second-order valence-electron chi connectivity index (χ2n) is 6.19. The van der Waals surface area contributed by atoms with Crippen LogP contribution >= 0.6 is 23.4 Å². The predicted octanol–water partition coefficient (Wildman–Crippen LogP) is 4.87. The fourth-order valence-corrected chi connectivity index (χ4v) is 3.75. The summed E-state index contributed by atoms with van der Waals surface area (Å²) in [6.07, 6.45) is 0. The molecule has 150 valence electrons. The molecule has 2 aromatic carbocycles. The highest BCUT2D eigenvalue weighted by molar-refractivity contribution is 8.00. The summed E-state index contributed by atoms with van der Waals surface area (Å²) in [5, 5.41) is 12.5. The van der Waals surface area contributed by atoms with E-state index in [4.69, 9.17) is 21.1 Å². The van der Waals surface area contributed by atoms with Gasteiger partial charge >= 0.3 is 0 Å². The van der Waals surface area contributed by atoms with Crippen molar-refractivity contribution in [1.29, 1.82) is 5.26 Å². The van der Waals surface area contributed by atoms with Gasteiger partial charge in [-0.2, -0.15) is 5.26 Å². The molecule has 0 radical (unpaired) electrons. The fraction of sp³-hybridized carbons (Fsp3) is 0.0952. The summed E-state index contributed by atoms with van der Waals surface area (Å²) in [6, 6.07) is 14.6. The average molecular weight is 442 g/mol. The third-order valence-corrected chi connectivity index (χ3v) is 5.50. The molecule has 9 heteroatoms. The number of nitrogens with one attached hydrogen (secondary N) is 1. The van der Waals surface area contributed by atoms with Gasteiger partial charge in [-0.15, -0.1) is 0 Å². The van der Waals surface area contributed by atoms with E-state index in [9.17, 15) is 14.4 Å². The van der Waals surface area contributed by atoms with Crippen LogP contribution in [0.1, 0.15) is 5.56 Å². The normalized spacial score (nSPS) is 11.8. The van der Waals surface area contributed by atoms with Crippen LogP contribution in [0, 0.1) is 17.1 Å². The van der Waals surface area contributed by atoms with Gasteiger partial charge in [-0.05, 0) is 48.5 Å². The Bertz CT molecular complexity index is 1180. The van der Waals surface area contributed by atoms with E-state index in [-0.39, 0.29) is 23.5 Å². The maximum absolute atomic E-state index is 13.1. The summed E-state index contributed by atoms with van der Waals surface area (Å²) in [5.74, 6) is 0.449. The number of hydrogen-bond donors (Lipinski definition) is 1. The van der Waals surface area contributed by atoms with Gasteiger partial charge in [0.05, 0.1) is 27.7 Å². The first-order chi connectivity index (χ1) is 14.5. The molecule has 0 saturated heterocycles. The van der Waals surface area contributed by atoms with Crippen molar-refractivity contribution in [2.24, 2.45) is 0 Å². The zero-order valence-corrected chi connectivity index (χ0v) is 16.9. The molecule has 0 saturated carbocycles. The number of carbonyl (C=O) groups excluding carboxylic acids is 1. The lowest BCUT2D eigenvalue weighted by Gasteiger charge is -2.09. The Hall–Kier alpha value is -3.28. The zero-order valence-electron chi connectivity index (χ0n) is 15.3. The van der Waals surface area contributed by atoms with Crippen LogP contribution in [0.3, 0.4) is 0 Å². The van der Waals surface area contributed by atoms with Crippen molar-refractivity contribution >= 4 is 35.0 Å². The molecule has 0 atom stereocenters. The van der Waals surface area contributed by atoms with Crippen molar-refractivity contribution < 1.29 is 18.7 Å². The number of pyridine rings is 1. The number of nitriles is 1. The van der Waals surface area contributed by atoms with E-state index in [1.807, 2.05) is 12.1 Å². The minimum atomic E-state index is -0.490. The van der Waals surface area contributed by atoms with E-state index in [1.165, 1.54) is 12.1 Å². The number of nitrogens with zero attached hydrogens (tertiary/aromatic N) is 2. The molecule has 4 rings (SSSR count). The number of anilines is 1. The number of aromatic nitrogens is 1. The Kier molecular flexibility index (Phi) is 5.74. The lowest BCUT2D eigenvalue weighted by atomic mass is 10.1. The van der Waals surface area contributed by atoms with Crippen molar-refractivity contribution in [3.05, 3.63) is 64.9 Å². The van der Waals surface area contributed by atoms with E-state index in [0.29, 0.717) is 33.5 Å². The number of carbonyl (C=O) groups is 1. The second kappa shape index (κ2) is 8.61. The molecule has 6 nitrogen and oxygen atoms in total. The van der Waals surface area contributed by atoms with E-state index >= 15 is 0 Å². The third-order valence-electron chi connectivity index (χ3n) is 4.19. The number of hydrogen-bond acceptors (Lipinski definition) is 6. The topological polar surface area (TPSA) is 84.2 Å². The Morgan fingerprint density at radius 3 is 2.83 bits per heavy atom. The first kappa shape index (κ1) is 20.0. The SMILES string of the molecule is N#Cc1ccc(-c2ccc3c(c2)OCO3)nc1SCC(=O)Nc1ccc(F)cc1Cl. The summed E-state index contributed by atoms with van der Waals surface area (Å²) in [5.41, 5.74) is 2.10. The number of halogens is 2. The van der Waals surface area contributed by atoms with Crippen LogP contribution < -0.4 is 14.8 Å². The van der Waals surface area contributed by atoms with E-state index < -0.39 is 5.82 Å². The van der Waals surface area contributed by atoms with Gasteiger partial charge in [-0.3, -0.25) is 4.79 Å². The van der Waals surface area contributed by atoms with E-state index in [2.05, 4.69) is 16.4 Å². The standard InChI is InChI=1S/C21H13ClFN3O3S/c22-15-8-14(23)3-5-17(15)25-20(27)10-30-21-13(9-24)1-4-16(26-21)12-2-6-18-19(7-12)29-11-28-18/h1-8H,10-11H2,(H,25,27). The van der Waals surface area contributed by atoms with Crippen molar-refractivity contribution in [1.82, 2.24) is 4.98 Å². The Balaban J connectivity index is 1.50. The van der Waals surface area contributed by atoms with Crippen molar-refractivity contribution in [2.75, 3.05) is 17.9 Å². The average Bonchev–Trinajstić information content (AvgIpc) is 3.22. The molecule has 1 aliphatic rings. The molecule has 1 aromatic heterocycles. The van der Waals surface area contributed by atoms with Gasteiger partial charge in [0.2, 0.25) is 12.7 Å². The van der Waals surface area contributed by atoms with Crippen LogP contribution in [0.4, 0.5) is 10.1 Å². The van der Waals surface area contributed by atoms with E-state index in [0.717, 1.165) is 23.4 Å². The quantitative estimate of drug-likeness (QED) is 0.568. The molecule has 1 N–H and O–H groups in total. The van der Waals surface area contributed by atoms with Crippen molar-refractivity contribution in [3.8, 4) is 28.8 Å². The van der Waals surface area contributed by atoms with Crippen LogP contribution in [-0.4, -0.2) is 23.4 Å². The number of rotatable bonds is 5. The van der Waals surface area contributed by atoms with Gasteiger partial charge < -0.3 is 14.8 Å². The first-order valence-corrected chi connectivity index (χ1v) is 10.1. The van der Waals surface area contributed by atoms with Gasteiger partial charge in [-0.25, -0.2) is 9.37 Å². The van der Waals surface area contributed by atoms with Crippen LogP contribution in [0.2, 0.25) is 5.02 Å². The predicted molar refractivity (Wildman–Crippen MR) is 111 cm³/mol. The number of thioether (sulfide) groups is 1. The van der Waals surface area contributed by atoms with E-state index in [1.54, 1.807) is 18.2 Å². The molecular weight excluding hydrogens is 429 g/mol. The van der Waals surface area contributed by atoms with Gasteiger partial charge in [0.1, 0.15) is 16.9 Å². The molecule has 2 heterocycles. The number of benzene rings is 2. The maximum Gasteiger partial charge on any atom is 0.234 e.